The topological polar surface area (TPSA) is 58.6 Å². The molecule has 2 aromatic carbocycles. The normalized spacial score (nSPS) is 16.8. The summed E-state index contributed by atoms with van der Waals surface area (Å²) >= 11 is 12.3. The molecule has 7 heteroatoms. The smallest absolute Gasteiger partial charge is 0.229 e. The maximum Gasteiger partial charge on any atom is 0.229 e. The van der Waals surface area contributed by atoms with Crippen LogP contribution < -0.4 is 15.0 Å². The van der Waals surface area contributed by atoms with Crippen molar-refractivity contribution in [2.24, 2.45) is 5.92 Å². The molecule has 1 unspecified atom stereocenters. The lowest BCUT2D eigenvalue weighted by Crippen LogP contribution is -2.28. The summed E-state index contributed by atoms with van der Waals surface area (Å²) in [7, 11) is 1.58. The summed E-state index contributed by atoms with van der Waals surface area (Å²) in [6, 6.07) is 12.0. The number of rotatable bonds is 4. The number of nitrogens with zero attached hydrogens (tertiary/aromatic N) is 1. The fourth-order valence-electron chi connectivity index (χ4n) is 2.76. The first-order valence-electron chi connectivity index (χ1n) is 7.69. The summed E-state index contributed by atoms with van der Waals surface area (Å²) < 4.78 is 5.08. The molecule has 1 atom stereocenters. The third-order valence-corrected chi connectivity index (χ3v) is 4.67. The zero-order valence-corrected chi connectivity index (χ0v) is 15.0. The molecule has 0 aromatic heterocycles. The molecule has 1 heterocycles. The van der Waals surface area contributed by atoms with Crippen molar-refractivity contribution in [1.82, 2.24) is 0 Å². The van der Waals surface area contributed by atoms with Crippen LogP contribution in [0.4, 0.5) is 11.4 Å². The first kappa shape index (κ1) is 17.6. The van der Waals surface area contributed by atoms with E-state index in [0.29, 0.717) is 27.2 Å². The van der Waals surface area contributed by atoms with Gasteiger partial charge in [-0.1, -0.05) is 29.3 Å². The molecule has 0 bridgehead atoms. The van der Waals surface area contributed by atoms with E-state index in [1.54, 1.807) is 49.6 Å². The van der Waals surface area contributed by atoms with Gasteiger partial charge in [-0.05, 0) is 36.4 Å². The first-order chi connectivity index (χ1) is 12.0. The van der Waals surface area contributed by atoms with Crippen molar-refractivity contribution < 1.29 is 14.3 Å². The summed E-state index contributed by atoms with van der Waals surface area (Å²) in [6.45, 7) is 0.240. The van der Waals surface area contributed by atoms with Gasteiger partial charge in [-0.2, -0.15) is 0 Å². The lowest BCUT2D eigenvalue weighted by atomic mass is 10.1. The van der Waals surface area contributed by atoms with Crippen LogP contribution in [0.2, 0.25) is 10.0 Å². The molecule has 0 radical (unpaired) electrons. The molecule has 2 aromatic rings. The number of halogens is 2. The lowest BCUT2D eigenvalue weighted by Gasteiger charge is -2.19. The third-order valence-electron chi connectivity index (χ3n) is 4.06. The van der Waals surface area contributed by atoms with Crippen LogP contribution in [0, 0.1) is 5.92 Å². The number of hydrogen-bond donors (Lipinski definition) is 1. The van der Waals surface area contributed by atoms with Crippen molar-refractivity contribution in [2.45, 2.75) is 6.42 Å². The van der Waals surface area contributed by atoms with E-state index in [-0.39, 0.29) is 24.8 Å². The van der Waals surface area contributed by atoms with Crippen LogP contribution in [0.15, 0.2) is 42.5 Å². The van der Waals surface area contributed by atoms with Crippen LogP contribution in [0.5, 0.6) is 5.75 Å². The maximum atomic E-state index is 12.5. The van der Waals surface area contributed by atoms with Crippen molar-refractivity contribution in [2.75, 3.05) is 23.9 Å². The molecule has 2 amide bonds. The van der Waals surface area contributed by atoms with Crippen molar-refractivity contribution in [3.05, 3.63) is 52.5 Å². The molecule has 1 saturated heterocycles. The summed E-state index contributed by atoms with van der Waals surface area (Å²) in [4.78, 5) is 26.3. The highest BCUT2D eigenvalue weighted by Gasteiger charge is 2.36. The number of nitrogens with one attached hydrogen (secondary N) is 1. The average Bonchev–Trinajstić information content (AvgIpc) is 2.97. The molecule has 5 nitrogen and oxygen atoms in total. The van der Waals surface area contributed by atoms with Gasteiger partial charge in [0, 0.05) is 18.7 Å². The minimum Gasteiger partial charge on any atom is -0.497 e. The van der Waals surface area contributed by atoms with Gasteiger partial charge in [0.05, 0.1) is 28.8 Å². The van der Waals surface area contributed by atoms with E-state index in [1.165, 1.54) is 4.90 Å². The Labute approximate surface area is 155 Å². The van der Waals surface area contributed by atoms with E-state index < -0.39 is 5.92 Å². The van der Waals surface area contributed by atoms with Gasteiger partial charge in [0.1, 0.15) is 5.75 Å². The molecule has 1 aliphatic rings. The van der Waals surface area contributed by atoms with Gasteiger partial charge in [0.15, 0.2) is 0 Å². The van der Waals surface area contributed by atoms with Crippen LogP contribution in [0.25, 0.3) is 0 Å². The SMILES string of the molecule is COc1ccc(NC(=O)C2CC(=O)N(c3c(Cl)cccc3Cl)C2)cc1. The third kappa shape index (κ3) is 3.72. The predicted octanol–water partition coefficient (Wildman–Crippen LogP) is 3.99. The Bertz CT molecular complexity index is 788. The molecule has 0 saturated carbocycles. The number of carbonyl (C=O) groups is 2. The molecular weight excluding hydrogens is 363 g/mol. The molecular formula is C18H16Cl2N2O3. The van der Waals surface area contributed by atoms with Crippen LogP contribution in [-0.2, 0) is 9.59 Å². The number of carbonyl (C=O) groups excluding carboxylic acids is 2. The molecule has 1 aliphatic heterocycles. The number of benzene rings is 2. The minimum absolute atomic E-state index is 0.115. The summed E-state index contributed by atoms with van der Waals surface area (Å²) in [5, 5.41) is 3.59. The first-order valence-corrected chi connectivity index (χ1v) is 8.44. The van der Waals surface area contributed by atoms with Gasteiger partial charge >= 0.3 is 0 Å². The van der Waals surface area contributed by atoms with Crippen LogP contribution in [0.3, 0.4) is 0 Å². The highest BCUT2D eigenvalue weighted by Crippen LogP contribution is 2.37. The zero-order valence-electron chi connectivity index (χ0n) is 13.5. The Morgan fingerprint density at radius 3 is 2.40 bits per heavy atom. The van der Waals surface area contributed by atoms with E-state index in [9.17, 15) is 9.59 Å². The number of para-hydroxylation sites is 1. The Morgan fingerprint density at radius 1 is 1.16 bits per heavy atom. The quantitative estimate of drug-likeness (QED) is 0.874. The van der Waals surface area contributed by atoms with Crippen LogP contribution >= 0.6 is 23.2 Å². The highest BCUT2D eigenvalue weighted by molar-refractivity contribution is 6.40. The molecule has 0 aliphatic carbocycles. The molecule has 1 N–H and O–H groups in total. The Kier molecular flexibility index (Phi) is 5.16. The van der Waals surface area contributed by atoms with Crippen molar-refractivity contribution in [1.29, 1.82) is 0 Å². The number of methoxy groups -OCH3 is 1. The monoisotopic (exact) mass is 378 g/mol. The van der Waals surface area contributed by atoms with Crippen molar-refractivity contribution in [3.8, 4) is 5.75 Å². The van der Waals surface area contributed by atoms with Gasteiger partial charge < -0.3 is 15.0 Å². The average molecular weight is 379 g/mol. The van der Waals surface area contributed by atoms with E-state index in [4.69, 9.17) is 27.9 Å². The van der Waals surface area contributed by atoms with Gasteiger partial charge in [-0.15, -0.1) is 0 Å². The fourth-order valence-corrected chi connectivity index (χ4v) is 3.37. The molecule has 3 rings (SSSR count). The second kappa shape index (κ2) is 7.33. The van der Waals surface area contributed by atoms with Gasteiger partial charge in [-0.25, -0.2) is 0 Å². The maximum absolute atomic E-state index is 12.5. The van der Waals surface area contributed by atoms with Crippen molar-refractivity contribution >= 4 is 46.4 Å². The Morgan fingerprint density at radius 2 is 1.80 bits per heavy atom. The highest BCUT2D eigenvalue weighted by atomic mass is 35.5. The second-order valence-corrected chi connectivity index (χ2v) is 6.51. The molecule has 25 heavy (non-hydrogen) atoms. The number of hydrogen-bond acceptors (Lipinski definition) is 3. The minimum atomic E-state index is -0.470. The summed E-state index contributed by atoms with van der Waals surface area (Å²) in [5.74, 6) is -0.162. The zero-order chi connectivity index (χ0) is 18.0. The molecule has 0 spiro atoms. The van der Waals surface area contributed by atoms with Crippen LogP contribution in [-0.4, -0.2) is 25.5 Å². The summed E-state index contributed by atoms with van der Waals surface area (Å²) in [6.07, 6.45) is 0.115. The van der Waals surface area contributed by atoms with Crippen LogP contribution in [0.1, 0.15) is 6.42 Å². The number of amides is 2. The number of anilines is 2. The molecule has 130 valence electrons. The van der Waals surface area contributed by atoms with Gasteiger partial charge in [0.25, 0.3) is 0 Å². The Hall–Kier alpha value is -2.24. The van der Waals surface area contributed by atoms with Gasteiger partial charge in [-0.3, -0.25) is 9.59 Å². The standard InChI is InChI=1S/C18H16Cl2N2O3/c1-25-13-7-5-12(6-8-13)21-18(24)11-9-16(23)22(10-11)17-14(19)3-2-4-15(17)20/h2-8,11H,9-10H2,1H3,(H,21,24). The van der Waals surface area contributed by atoms with E-state index >= 15 is 0 Å². The van der Waals surface area contributed by atoms with E-state index in [2.05, 4.69) is 5.32 Å². The van der Waals surface area contributed by atoms with Crippen molar-refractivity contribution in [3.63, 3.8) is 0 Å². The number of ether oxygens (including phenoxy) is 1. The van der Waals surface area contributed by atoms with E-state index in [1.807, 2.05) is 0 Å². The Balaban J connectivity index is 1.72. The lowest BCUT2D eigenvalue weighted by molar-refractivity contribution is -0.122. The van der Waals surface area contributed by atoms with Gasteiger partial charge in [0.2, 0.25) is 11.8 Å². The fraction of sp³-hybridized carbons (Fsp3) is 0.222. The largest absolute Gasteiger partial charge is 0.497 e. The summed E-state index contributed by atoms with van der Waals surface area (Å²) in [5.41, 5.74) is 1.10. The second-order valence-electron chi connectivity index (χ2n) is 5.69. The predicted molar refractivity (Wildman–Crippen MR) is 98.5 cm³/mol. The molecule has 1 fully saturated rings. The van der Waals surface area contributed by atoms with E-state index in [0.717, 1.165) is 0 Å².